The van der Waals surface area contributed by atoms with Crippen molar-refractivity contribution in [2.24, 2.45) is 5.73 Å². The van der Waals surface area contributed by atoms with Gasteiger partial charge < -0.3 is 11.1 Å². The van der Waals surface area contributed by atoms with Gasteiger partial charge >= 0.3 is 0 Å². The van der Waals surface area contributed by atoms with E-state index in [9.17, 15) is 4.79 Å². The topological polar surface area (TPSA) is 68.0 Å². The molecule has 0 aliphatic heterocycles. The smallest absolute Gasteiger partial charge is 0.243 e. The maximum absolute atomic E-state index is 12.1. The Labute approximate surface area is 123 Å². The van der Waals surface area contributed by atoms with Gasteiger partial charge in [-0.3, -0.25) is 4.79 Å². The summed E-state index contributed by atoms with van der Waals surface area (Å²) in [5, 5.41) is 3.43. The van der Waals surface area contributed by atoms with Gasteiger partial charge in [-0.2, -0.15) is 0 Å². The van der Waals surface area contributed by atoms with E-state index in [0.29, 0.717) is 11.6 Å². The van der Waals surface area contributed by atoms with Crippen LogP contribution in [0, 0.1) is 6.92 Å². The summed E-state index contributed by atoms with van der Waals surface area (Å²) in [7, 11) is 0. The van der Waals surface area contributed by atoms with Crippen molar-refractivity contribution in [3.63, 3.8) is 0 Å². The van der Waals surface area contributed by atoms with Crippen LogP contribution in [0.15, 0.2) is 30.3 Å². The number of benzene rings is 1. The molecular formula is C15H19N3OS. The van der Waals surface area contributed by atoms with E-state index in [1.54, 1.807) is 0 Å². The molecule has 1 unspecified atom stereocenters. The Kier molecular flexibility index (Phi) is 4.87. The Morgan fingerprint density at radius 3 is 2.70 bits per heavy atom. The van der Waals surface area contributed by atoms with Crippen molar-refractivity contribution < 1.29 is 4.79 Å². The molecule has 0 radical (unpaired) electrons. The Hall–Kier alpha value is -1.72. The highest BCUT2D eigenvalue weighted by atomic mass is 32.1. The minimum atomic E-state index is -0.563. The molecule has 0 fully saturated rings. The second kappa shape index (κ2) is 6.63. The van der Waals surface area contributed by atoms with Gasteiger partial charge in [-0.15, -0.1) is 11.3 Å². The molecule has 1 amide bonds. The monoisotopic (exact) mass is 289 g/mol. The van der Waals surface area contributed by atoms with Crippen LogP contribution in [0.25, 0.3) is 0 Å². The Balaban J connectivity index is 1.97. The number of hydrogen-bond donors (Lipinski definition) is 2. The molecule has 4 nitrogen and oxygen atoms in total. The predicted molar refractivity (Wildman–Crippen MR) is 83.0 cm³/mol. The Morgan fingerprint density at radius 2 is 2.10 bits per heavy atom. The van der Waals surface area contributed by atoms with E-state index in [2.05, 4.69) is 17.2 Å². The number of aromatic nitrogens is 1. The van der Waals surface area contributed by atoms with E-state index in [1.807, 2.05) is 37.3 Å². The van der Waals surface area contributed by atoms with Crippen LogP contribution in [0.5, 0.6) is 0 Å². The first-order chi connectivity index (χ1) is 9.60. The number of carbonyl (C=O) groups is 1. The van der Waals surface area contributed by atoms with Crippen LogP contribution < -0.4 is 11.1 Å². The summed E-state index contributed by atoms with van der Waals surface area (Å²) in [4.78, 5) is 17.6. The third kappa shape index (κ3) is 3.65. The molecule has 0 aliphatic rings. The highest BCUT2D eigenvalue weighted by Gasteiger charge is 2.16. The van der Waals surface area contributed by atoms with E-state index < -0.39 is 6.04 Å². The molecule has 1 atom stereocenters. The first-order valence-corrected chi connectivity index (χ1v) is 7.48. The maximum Gasteiger partial charge on any atom is 0.243 e. The van der Waals surface area contributed by atoms with Crippen molar-refractivity contribution >= 4 is 22.4 Å². The fourth-order valence-corrected chi connectivity index (χ4v) is 2.87. The number of aryl methyl sites for hydroxylation is 2. The molecule has 0 bridgehead atoms. The highest BCUT2D eigenvalue weighted by Crippen LogP contribution is 2.22. The predicted octanol–water partition coefficient (Wildman–Crippen LogP) is 2.52. The number of rotatable bonds is 5. The van der Waals surface area contributed by atoms with Crippen LogP contribution >= 0.6 is 11.3 Å². The van der Waals surface area contributed by atoms with E-state index in [-0.39, 0.29) is 5.91 Å². The number of carbonyl (C=O) groups excluding carboxylic acids is 1. The third-order valence-electron chi connectivity index (χ3n) is 3.09. The molecule has 0 aliphatic carbocycles. The zero-order valence-electron chi connectivity index (χ0n) is 11.7. The molecule has 2 aromatic rings. The number of anilines is 1. The number of amides is 1. The number of hydrogen-bond acceptors (Lipinski definition) is 4. The van der Waals surface area contributed by atoms with Gasteiger partial charge in [0.15, 0.2) is 5.13 Å². The van der Waals surface area contributed by atoms with Crippen molar-refractivity contribution in [3.8, 4) is 0 Å². The fourth-order valence-electron chi connectivity index (χ4n) is 1.97. The van der Waals surface area contributed by atoms with Gasteiger partial charge in [-0.1, -0.05) is 37.3 Å². The van der Waals surface area contributed by atoms with Gasteiger partial charge in [0.25, 0.3) is 0 Å². The van der Waals surface area contributed by atoms with Crippen LogP contribution in [-0.2, 0) is 17.6 Å². The zero-order valence-corrected chi connectivity index (χ0v) is 12.5. The lowest BCUT2D eigenvalue weighted by molar-refractivity contribution is -0.117. The van der Waals surface area contributed by atoms with Crippen LogP contribution in [0.2, 0.25) is 0 Å². The molecule has 0 saturated carbocycles. The minimum absolute atomic E-state index is 0.190. The second-order valence-electron chi connectivity index (χ2n) is 4.66. The number of nitrogens with one attached hydrogen (secondary N) is 1. The normalized spacial score (nSPS) is 12.2. The van der Waals surface area contributed by atoms with Gasteiger partial charge in [0.05, 0.1) is 11.7 Å². The van der Waals surface area contributed by atoms with Crippen LogP contribution in [0.3, 0.4) is 0 Å². The summed E-state index contributed by atoms with van der Waals surface area (Å²) in [5.74, 6) is -0.190. The second-order valence-corrected chi connectivity index (χ2v) is 5.86. The molecule has 1 aromatic heterocycles. The molecular weight excluding hydrogens is 270 g/mol. The summed E-state index contributed by atoms with van der Waals surface area (Å²) in [6.45, 7) is 4.06. The van der Waals surface area contributed by atoms with E-state index in [4.69, 9.17) is 5.73 Å². The van der Waals surface area contributed by atoms with Gasteiger partial charge in [-0.25, -0.2) is 4.98 Å². The standard InChI is InChI=1S/C15H19N3OS/c1-3-13-10(2)20-15(17-13)18-14(19)12(16)9-11-7-5-4-6-8-11/h4-8,12H,3,9,16H2,1-2H3,(H,17,18,19). The summed E-state index contributed by atoms with van der Waals surface area (Å²) in [6.07, 6.45) is 1.39. The van der Waals surface area contributed by atoms with Crippen LogP contribution in [0.1, 0.15) is 23.1 Å². The Morgan fingerprint density at radius 1 is 1.40 bits per heavy atom. The minimum Gasteiger partial charge on any atom is -0.320 e. The number of nitrogens with two attached hydrogens (primary N) is 1. The molecule has 0 saturated heterocycles. The largest absolute Gasteiger partial charge is 0.320 e. The lowest BCUT2D eigenvalue weighted by Gasteiger charge is -2.10. The number of nitrogens with zero attached hydrogens (tertiary/aromatic N) is 1. The summed E-state index contributed by atoms with van der Waals surface area (Å²) in [5.41, 5.74) is 8.02. The first kappa shape index (κ1) is 14.7. The van der Waals surface area contributed by atoms with E-state index in [1.165, 1.54) is 11.3 Å². The molecule has 1 aromatic carbocycles. The van der Waals surface area contributed by atoms with Gasteiger partial charge in [-0.05, 0) is 25.3 Å². The van der Waals surface area contributed by atoms with E-state index in [0.717, 1.165) is 22.6 Å². The summed E-state index contributed by atoms with van der Waals surface area (Å²) >= 11 is 1.49. The molecule has 106 valence electrons. The van der Waals surface area contributed by atoms with Gasteiger partial charge in [0.2, 0.25) is 5.91 Å². The summed E-state index contributed by atoms with van der Waals surface area (Å²) < 4.78 is 0. The fraction of sp³-hybridized carbons (Fsp3) is 0.333. The first-order valence-electron chi connectivity index (χ1n) is 6.66. The number of thiazole rings is 1. The average molecular weight is 289 g/mol. The molecule has 20 heavy (non-hydrogen) atoms. The van der Waals surface area contributed by atoms with Gasteiger partial charge in [0.1, 0.15) is 0 Å². The van der Waals surface area contributed by atoms with E-state index >= 15 is 0 Å². The van der Waals surface area contributed by atoms with Crippen molar-refractivity contribution in [2.75, 3.05) is 5.32 Å². The van der Waals surface area contributed by atoms with Crippen molar-refractivity contribution in [3.05, 3.63) is 46.5 Å². The van der Waals surface area contributed by atoms with Gasteiger partial charge in [0, 0.05) is 4.88 Å². The van der Waals surface area contributed by atoms with Crippen molar-refractivity contribution in [2.45, 2.75) is 32.7 Å². The zero-order chi connectivity index (χ0) is 14.5. The molecule has 1 heterocycles. The summed E-state index contributed by atoms with van der Waals surface area (Å²) in [6, 6.07) is 9.20. The lowest BCUT2D eigenvalue weighted by Crippen LogP contribution is -2.37. The maximum atomic E-state index is 12.1. The average Bonchev–Trinajstić information content (AvgIpc) is 2.79. The van der Waals surface area contributed by atoms with Crippen LogP contribution in [0.4, 0.5) is 5.13 Å². The molecule has 0 spiro atoms. The highest BCUT2D eigenvalue weighted by molar-refractivity contribution is 7.15. The molecule has 5 heteroatoms. The quantitative estimate of drug-likeness (QED) is 0.888. The third-order valence-corrected chi connectivity index (χ3v) is 4.02. The SMILES string of the molecule is CCc1nc(NC(=O)C(N)Cc2ccccc2)sc1C. The van der Waals surface area contributed by atoms with Crippen molar-refractivity contribution in [1.29, 1.82) is 0 Å². The molecule has 3 N–H and O–H groups in total. The van der Waals surface area contributed by atoms with Crippen LogP contribution in [-0.4, -0.2) is 16.9 Å². The lowest BCUT2D eigenvalue weighted by atomic mass is 10.1. The molecule has 2 rings (SSSR count). The Bertz CT molecular complexity index is 580. The van der Waals surface area contributed by atoms with Crippen molar-refractivity contribution in [1.82, 2.24) is 4.98 Å².